The first-order valence-electron chi connectivity index (χ1n) is 13.5. The van der Waals surface area contributed by atoms with E-state index in [1.165, 1.54) is 6.08 Å². The van der Waals surface area contributed by atoms with Gasteiger partial charge >= 0.3 is 0 Å². The van der Waals surface area contributed by atoms with Crippen LogP contribution in [-0.4, -0.2) is 48.5 Å². The molecule has 1 atom stereocenters. The van der Waals surface area contributed by atoms with Crippen molar-refractivity contribution < 1.29 is 18.3 Å². The molecule has 2 aliphatic heterocycles. The third-order valence-corrected chi connectivity index (χ3v) is 8.80. The Morgan fingerprint density at radius 1 is 1.21 bits per heavy atom. The lowest BCUT2D eigenvalue weighted by Gasteiger charge is -2.26. The fourth-order valence-corrected chi connectivity index (χ4v) is 6.64. The Kier molecular flexibility index (Phi) is 6.46. The van der Waals surface area contributed by atoms with Gasteiger partial charge in [-0.15, -0.1) is 11.3 Å². The molecule has 6 heterocycles. The predicted molar refractivity (Wildman–Crippen MR) is 158 cm³/mol. The zero-order valence-electron chi connectivity index (χ0n) is 22.9. The van der Waals surface area contributed by atoms with E-state index in [9.17, 15) is 13.6 Å². The first-order chi connectivity index (χ1) is 20.4. The van der Waals surface area contributed by atoms with Gasteiger partial charge in [0.25, 0.3) is 0 Å². The van der Waals surface area contributed by atoms with Gasteiger partial charge < -0.3 is 9.64 Å². The van der Waals surface area contributed by atoms with Crippen molar-refractivity contribution in [3.05, 3.63) is 94.6 Å². The number of pyridine rings is 1. The molecule has 0 aliphatic carbocycles. The maximum absolute atomic E-state index is 14.4. The minimum atomic E-state index is -0.762. The number of thiophene rings is 1. The highest BCUT2D eigenvalue weighted by Crippen LogP contribution is 2.41. The van der Waals surface area contributed by atoms with Gasteiger partial charge in [-0.25, -0.2) is 8.78 Å². The van der Waals surface area contributed by atoms with Gasteiger partial charge in [0, 0.05) is 59.3 Å². The molecule has 0 N–H and O–H groups in total. The molecule has 0 saturated heterocycles. The highest BCUT2D eigenvalue weighted by atomic mass is 32.1. The van der Waals surface area contributed by atoms with Crippen LogP contribution in [0.5, 0.6) is 0 Å². The molecule has 42 heavy (non-hydrogen) atoms. The fourth-order valence-electron chi connectivity index (χ4n) is 5.72. The van der Waals surface area contributed by atoms with Crippen molar-refractivity contribution in [2.45, 2.75) is 25.9 Å². The number of carbonyl (C=O) groups excluding carboxylic acids is 1. The third kappa shape index (κ3) is 4.50. The number of fused-ring (bicyclic) bond motifs is 5. The number of halogens is 2. The zero-order valence-corrected chi connectivity index (χ0v) is 23.7. The predicted octanol–water partition coefficient (Wildman–Crippen LogP) is 6.25. The quantitative estimate of drug-likeness (QED) is 0.234. The molecule has 1 amide bonds. The molecule has 0 radical (unpaired) electrons. The topological polar surface area (TPSA) is 78.1 Å². The summed E-state index contributed by atoms with van der Waals surface area (Å²) < 4.78 is 37.9. The lowest BCUT2D eigenvalue weighted by Crippen LogP contribution is -2.36. The van der Waals surface area contributed by atoms with Crippen molar-refractivity contribution >= 4 is 44.3 Å². The van der Waals surface area contributed by atoms with E-state index in [-0.39, 0.29) is 30.5 Å². The van der Waals surface area contributed by atoms with Crippen LogP contribution in [-0.2, 0) is 29.7 Å². The van der Waals surface area contributed by atoms with Crippen LogP contribution < -0.4 is 0 Å². The Morgan fingerprint density at radius 2 is 2.10 bits per heavy atom. The van der Waals surface area contributed by atoms with E-state index >= 15 is 0 Å². The van der Waals surface area contributed by atoms with Gasteiger partial charge in [-0.2, -0.15) is 10.2 Å². The van der Waals surface area contributed by atoms with E-state index in [4.69, 9.17) is 14.8 Å². The Hall–Kier alpha value is -4.64. The largest absolute Gasteiger partial charge is 0.492 e. The summed E-state index contributed by atoms with van der Waals surface area (Å²) in [6, 6.07) is 10.2. The van der Waals surface area contributed by atoms with E-state index in [2.05, 4.69) is 11.2 Å². The summed E-state index contributed by atoms with van der Waals surface area (Å²) in [6.45, 7) is 3.38. The average molecular weight is 585 g/mol. The molecular weight excluding hydrogens is 558 g/mol. The minimum Gasteiger partial charge on any atom is -0.492 e. The zero-order chi connectivity index (χ0) is 29.0. The Morgan fingerprint density at radius 3 is 2.93 bits per heavy atom. The summed E-state index contributed by atoms with van der Waals surface area (Å²) in [5.74, 6) is -0.850. The second-order valence-electron chi connectivity index (χ2n) is 10.4. The third-order valence-electron chi connectivity index (χ3n) is 7.85. The number of hydrogen-bond donors (Lipinski definition) is 0. The number of benzene rings is 1. The van der Waals surface area contributed by atoms with Gasteiger partial charge in [0.2, 0.25) is 5.91 Å². The summed E-state index contributed by atoms with van der Waals surface area (Å²) in [5.41, 5.74) is 6.07. The minimum absolute atomic E-state index is 0.0223. The number of ether oxygens (including phenoxy) is 1. The molecule has 8 nitrogen and oxygen atoms in total. The molecule has 0 saturated carbocycles. The standard InChI is InChI=1S/C31H26F2N6O2S/c1-18(40)38-8-9-39-22(16-38)13-27(36-39)26-17-41-23(12-21(33)5-7-32)14-25-30(26)35-29(24-6-10-42-31(24)25)19-3-4-28-20(11-19)15-34-37(28)2/h3-7,10-15,26H,8-9,16-17H2,1-2H3/b7-5+,21-12+. The number of nitrogens with zero attached hydrogens (tertiary/aromatic N) is 6. The van der Waals surface area contributed by atoms with Crippen molar-refractivity contribution in [3.8, 4) is 11.3 Å². The van der Waals surface area contributed by atoms with Crippen LogP contribution in [0.15, 0.2) is 72.0 Å². The summed E-state index contributed by atoms with van der Waals surface area (Å²) >= 11 is 1.57. The maximum atomic E-state index is 14.4. The van der Waals surface area contributed by atoms with Gasteiger partial charge in [0.15, 0.2) is 0 Å². The summed E-state index contributed by atoms with van der Waals surface area (Å²) in [4.78, 5) is 19.1. The number of carbonyl (C=O) groups is 1. The van der Waals surface area contributed by atoms with Crippen LogP contribution in [0.3, 0.4) is 0 Å². The molecule has 4 aromatic heterocycles. The molecular formula is C31H26F2N6O2S. The molecule has 1 aromatic carbocycles. The van der Waals surface area contributed by atoms with Crippen LogP contribution in [0.1, 0.15) is 35.5 Å². The first kappa shape index (κ1) is 26.3. The van der Waals surface area contributed by atoms with Crippen LogP contribution in [0.2, 0.25) is 0 Å². The van der Waals surface area contributed by atoms with Crippen molar-refractivity contribution in [2.75, 3.05) is 13.2 Å². The van der Waals surface area contributed by atoms with Gasteiger partial charge in [-0.05, 0) is 35.7 Å². The normalized spacial score (nSPS) is 17.3. The van der Waals surface area contributed by atoms with E-state index < -0.39 is 5.83 Å². The Bertz CT molecular complexity index is 1970. The van der Waals surface area contributed by atoms with Crippen molar-refractivity contribution in [2.24, 2.45) is 7.05 Å². The van der Waals surface area contributed by atoms with Gasteiger partial charge in [0.05, 0.1) is 59.8 Å². The number of rotatable bonds is 4. The molecule has 11 heteroatoms. The first-order valence-corrected chi connectivity index (χ1v) is 14.4. The lowest BCUT2D eigenvalue weighted by molar-refractivity contribution is -0.130. The van der Waals surface area contributed by atoms with Crippen LogP contribution in [0.4, 0.5) is 8.78 Å². The number of aryl methyl sites for hydroxylation is 1. The van der Waals surface area contributed by atoms with Gasteiger partial charge in [-0.1, -0.05) is 6.07 Å². The van der Waals surface area contributed by atoms with Crippen LogP contribution >= 0.6 is 11.3 Å². The number of hydrogen-bond acceptors (Lipinski definition) is 6. The van der Waals surface area contributed by atoms with Crippen molar-refractivity contribution in [1.82, 2.24) is 29.4 Å². The monoisotopic (exact) mass is 584 g/mol. The molecule has 0 spiro atoms. The van der Waals surface area contributed by atoms with E-state index in [1.807, 2.05) is 52.3 Å². The second-order valence-corrected chi connectivity index (χ2v) is 11.3. The SMILES string of the molecule is CC(=O)N1CCn2nc(C3COC(/C=C(F)\C=C\F)=Cc4c3nc(-c3ccc5c(cnn5C)c3)c3ccsc43)cc2C1. The molecule has 0 fully saturated rings. The van der Waals surface area contributed by atoms with Crippen LogP contribution in [0.25, 0.3) is 38.3 Å². The highest BCUT2D eigenvalue weighted by molar-refractivity contribution is 7.17. The Labute approximate surface area is 243 Å². The maximum Gasteiger partial charge on any atom is 0.219 e. The molecule has 7 rings (SSSR count). The smallest absolute Gasteiger partial charge is 0.219 e. The molecule has 1 unspecified atom stereocenters. The van der Waals surface area contributed by atoms with Crippen molar-refractivity contribution in [3.63, 3.8) is 0 Å². The lowest BCUT2D eigenvalue weighted by atomic mass is 9.94. The molecule has 0 bridgehead atoms. The highest BCUT2D eigenvalue weighted by Gasteiger charge is 2.31. The molecule has 2 aliphatic rings. The molecule has 212 valence electrons. The fraction of sp³-hybridized carbons (Fsp3) is 0.226. The van der Waals surface area contributed by atoms with E-state index in [0.29, 0.717) is 19.6 Å². The molecule has 5 aromatic rings. The van der Waals surface area contributed by atoms with E-state index in [0.717, 1.165) is 61.0 Å². The van der Waals surface area contributed by atoms with Crippen molar-refractivity contribution in [1.29, 1.82) is 0 Å². The van der Waals surface area contributed by atoms with Crippen LogP contribution in [0, 0.1) is 0 Å². The average Bonchev–Trinajstić information content (AvgIpc) is 3.69. The Balaban J connectivity index is 1.41. The van der Waals surface area contributed by atoms with E-state index in [1.54, 1.807) is 29.2 Å². The van der Waals surface area contributed by atoms with Gasteiger partial charge in [-0.3, -0.25) is 19.1 Å². The number of aromatic nitrogens is 5. The second kappa shape index (κ2) is 10.3. The number of allylic oxidation sites excluding steroid dienone is 3. The summed E-state index contributed by atoms with van der Waals surface area (Å²) in [5, 5.41) is 13.3. The summed E-state index contributed by atoms with van der Waals surface area (Å²) in [6.07, 6.45) is 5.69. The van der Waals surface area contributed by atoms with Gasteiger partial charge in [0.1, 0.15) is 18.2 Å². The summed E-state index contributed by atoms with van der Waals surface area (Å²) in [7, 11) is 1.91. The number of amides is 1.